The number of pyridine rings is 1. The zero-order valence-electron chi connectivity index (χ0n) is 41.1. The number of benzene rings is 2. The number of thiazole rings is 1. The van der Waals surface area contributed by atoms with E-state index in [2.05, 4.69) is 49.7 Å². The first-order chi connectivity index (χ1) is 34.5. The number of β-amino-alcohol motifs (C(OH)–C–C–N with tert-alkyl or cyclic N) is 1. The number of aliphatic hydroxyl groups excluding tert-OH is 1. The summed E-state index contributed by atoms with van der Waals surface area (Å²) < 4.78 is 10.0. The van der Waals surface area contributed by atoms with Crippen LogP contribution >= 0.6 is 34.3 Å². The molecule has 7 heterocycles. The van der Waals surface area contributed by atoms with Crippen molar-refractivity contribution in [3.8, 4) is 32.4 Å². The van der Waals surface area contributed by atoms with Crippen LogP contribution in [0.25, 0.3) is 26.6 Å². The molecule has 7 aromatic rings. The lowest BCUT2D eigenvalue weighted by atomic mass is 9.85. The molecule has 2 aromatic carbocycles. The summed E-state index contributed by atoms with van der Waals surface area (Å²) in [5.41, 5.74) is 9.56. The van der Waals surface area contributed by atoms with E-state index < -0.39 is 29.6 Å². The fraction of sp³-hybridized carbons (Fsp3) is 0.377. The lowest BCUT2D eigenvalue weighted by Gasteiger charge is -2.35. The molecule has 0 radical (unpaired) electrons. The van der Waals surface area contributed by atoms with Crippen LogP contribution in [0.1, 0.15) is 103 Å². The average molecular weight is 1030 g/mol. The number of thiophene rings is 1. The van der Waals surface area contributed by atoms with Gasteiger partial charge in [0.1, 0.15) is 35.1 Å². The van der Waals surface area contributed by atoms with Gasteiger partial charge in [0.05, 0.1) is 40.5 Å². The average Bonchev–Trinajstić information content (AvgIpc) is 4.18. The molecule has 3 N–H and O–H groups in total. The minimum absolute atomic E-state index is 0.0397. The number of halogens is 1. The molecule has 2 aliphatic heterocycles. The van der Waals surface area contributed by atoms with Gasteiger partial charge in [-0.1, -0.05) is 68.8 Å². The number of aliphatic imine (C=N–C) groups is 1. The predicted molar refractivity (Wildman–Crippen MR) is 278 cm³/mol. The monoisotopic (exact) mass is 1030 g/mol. The summed E-state index contributed by atoms with van der Waals surface area (Å²) in [4.78, 5) is 59.9. The van der Waals surface area contributed by atoms with Gasteiger partial charge in [0.15, 0.2) is 5.82 Å². The maximum atomic E-state index is 14.6. The molecule has 3 amide bonds. The highest BCUT2D eigenvalue weighted by atomic mass is 35.5. The lowest BCUT2D eigenvalue weighted by Crippen LogP contribution is -2.50. The van der Waals surface area contributed by atoms with Crippen molar-refractivity contribution in [1.82, 2.24) is 50.0 Å². The number of aromatic nitrogens is 7. The minimum atomic E-state index is -0.841. The number of rotatable bonds is 13. The third-order valence-corrected chi connectivity index (χ3v) is 16.2. The van der Waals surface area contributed by atoms with Crippen LogP contribution in [0.15, 0.2) is 89.8 Å². The van der Waals surface area contributed by atoms with E-state index in [1.54, 1.807) is 39.7 Å². The zero-order chi connectivity index (χ0) is 50.6. The van der Waals surface area contributed by atoms with E-state index in [4.69, 9.17) is 21.3 Å². The molecule has 2 fully saturated rings. The largest absolute Gasteiger partial charge is 0.474 e. The van der Waals surface area contributed by atoms with Gasteiger partial charge in [-0.25, -0.2) is 9.97 Å². The molecule has 3 aliphatic rings. The number of likely N-dealkylation sites (tertiary alicyclic amines) is 1. The third-order valence-electron chi connectivity index (χ3n) is 13.8. The molecule has 72 heavy (non-hydrogen) atoms. The van der Waals surface area contributed by atoms with Crippen LogP contribution in [-0.2, 0) is 20.9 Å². The van der Waals surface area contributed by atoms with Gasteiger partial charge in [0, 0.05) is 83.4 Å². The molecule has 1 saturated carbocycles. The van der Waals surface area contributed by atoms with Crippen molar-refractivity contribution < 1.29 is 24.2 Å². The maximum absolute atomic E-state index is 14.6. The Balaban J connectivity index is 0.767. The molecule has 1 aliphatic carbocycles. The third kappa shape index (κ3) is 9.84. The predicted octanol–water partition coefficient (Wildman–Crippen LogP) is 8.47. The van der Waals surface area contributed by atoms with E-state index in [-0.39, 0.29) is 55.8 Å². The SMILES string of the molecule is Cc1ncsc1-c1ccc(CNC(=O)[C@@H]2C[C@@H](O)CN2C(=O)C(n2cc(-c3ccnc(OC4CC(NC(=O)C[C@@H]5N=C(c6ccc(Cl)cc6)c6c(sc(C)c6C)-n6c(C)nnc65)C4)c3)cn2)C(C)(C)C)cc1. The first kappa shape index (κ1) is 49.0. The summed E-state index contributed by atoms with van der Waals surface area (Å²) in [6.45, 7) is 14.3. The van der Waals surface area contributed by atoms with Crippen LogP contribution in [0.3, 0.4) is 0 Å². The summed E-state index contributed by atoms with van der Waals surface area (Å²) in [7, 11) is 0. The van der Waals surface area contributed by atoms with E-state index in [0.29, 0.717) is 29.6 Å². The molecule has 16 nitrogen and oxygen atoms in total. The number of amides is 3. The van der Waals surface area contributed by atoms with Gasteiger partial charge in [0.2, 0.25) is 23.6 Å². The second-order valence-electron chi connectivity index (χ2n) is 20.0. The van der Waals surface area contributed by atoms with Crippen LogP contribution in [-0.4, -0.2) is 98.8 Å². The Morgan fingerprint density at radius 2 is 1.68 bits per heavy atom. The molecular weight excluding hydrogens is 970 g/mol. The van der Waals surface area contributed by atoms with E-state index in [9.17, 15) is 19.5 Å². The second-order valence-corrected chi connectivity index (χ2v) is 22.5. The van der Waals surface area contributed by atoms with Gasteiger partial charge in [-0.05, 0) is 73.6 Å². The number of nitrogens with one attached hydrogen (secondary N) is 2. The van der Waals surface area contributed by atoms with E-state index in [1.807, 2.05) is 112 Å². The van der Waals surface area contributed by atoms with Crippen LogP contribution in [0.2, 0.25) is 5.02 Å². The van der Waals surface area contributed by atoms with Gasteiger partial charge >= 0.3 is 0 Å². The Morgan fingerprint density at radius 1 is 0.931 bits per heavy atom. The first-order valence-corrected chi connectivity index (χ1v) is 26.1. The summed E-state index contributed by atoms with van der Waals surface area (Å²) in [5.74, 6) is 1.02. The number of aryl methyl sites for hydroxylation is 3. The number of hydrogen-bond donors (Lipinski definition) is 3. The molecular formula is C53H56ClN11O5S2. The summed E-state index contributed by atoms with van der Waals surface area (Å²) in [6.07, 6.45) is 5.62. The highest BCUT2D eigenvalue weighted by Gasteiger charge is 2.45. The number of carbonyl (C=O) groups is 3. The number of ether oxygens (including phenoxy) is 1. The molecule has 5 aromatic heterocycles. The fourth-order valence-electron chi connectivity index (χ4n) is 9.83. The Hall–Kier alpha value is -6.60. The van der Waals surface area contributed by atoms with Crippen LogP contribution < -0.4 is 15.4 Å². The van der Waals surface area contributed by atoms with E-state index >= 15 is 0 Å². The van der Waals surface area contributed by atoms with Crippen molar-refractivity contribution in [1.29, 1.82) is 0 Å². The van der Waals surface area contributed by atoms with Crippen LogP contribution in [0.5, 0.6) is 5.88 Å². The van der Waals surface area contributed by atoms with Crippen molar-refractivity contribution in [2.45, 2.75) is 117 Å². The normalized spacial score (nSPS) is 19.9. The minimum Gasteiger partial charge on any atom is -0.474 e. The Labute approximate surface area is 430 Å². The lowest BCUT2D eigenvalue weighted by molar-refractivity contribution is -0.144. The molecule has 372 valence electrons. The smallest absolute Gasteiger partial charge is 0.248 e. The standard InChI is InChI=1S/C53H56ClN11O5S2/c1-28-30(3)72-52-45(28)46(33-12-14-37(54)15-13-33)60-41(49-62-61-31(4)65(49)52)22-43(67)59-38-19-40(20-38)70-44-18-35(16-17-55-44)36-24-58-64(25-36)48(53(5,6)7)51(69)63-26-39(66)21-42(63)50(68)56-23-32-8-10-34(11-9-32)47-29(2)57-27-71-47/h8-18,24-25,27,38-42,48,66H,19-23,26H2,1-7H3,(H,56,68)(H,59,67)/t38?,39-,40?,41+,42+,48?/m1/s1. The summed E-state index contributed by atoms with van der Waals surface area (Å²) >= 11 is 9.54. The van der Waals surface area contributed by atoms with Gasteiger partial charge in [0.25, 0.3) is 0 Å². The second kappa shape index (κ2) is 19.8. The Morgan fingerprint density at radius 3 is 2.40 bits per heavy atom. The van der Waals surface area contributed by atoms with Gasteiger partial charge in [-0.3, -0.25) is 28.6 Å². The highest BCUT2D eigenvalue weighted by molar-refractivity contribution is 7.15. The number of aliphatic hydroxyl groups is 1. The molecule has 19 heteroatoms. The number of hydrogen-bond acceptors (Lipinski definition) is 13. The van der Waals surface area contributed by atoms with E-state index in [1.165, 1.54) is 9.78 Å². The Bertz CT molecular complexity index is 3200. The Kier molecular flexibility index (Phi) is 13.5. The van der Waals surface area contributed by atoms with Crippen molar-refractivity contribution in [3.63, 3.8) is 0 Å². The van der Waals surface area contributed by atoms with Gasteiger partial charge in [-0.15, -0.1) is 32.9 Å². The van der Waals surface area contributed by atoms with Crippen LogP contribution in [0, 0.1) is 33.1 Å². The number of nitrogens with zero attached hydrogens (tertiary/aromatic N) is 9. The molecule has 0 bridgehead atoms. The molecule has 1 unspecified atom stereocenters. The summed E-state index contributed by atoms with van der Waals surface area (Å²) in [6, 6.07) is 17.0. The van der Waals surface area contributed by atoms with Gasteiger partial charge in [-0.2, -0.15) is 5.10 Å². The number of carbonyl (C=O) groups excluding carboxylic acids is 3. The van der Waals surface area contributed by atoms with Crippen LogP contribution in [0.4, 0.5) is 0 Å². The fourth-order valence-corrected chi connectivity index (χ4v) is 12.0. The zero-order valence-corrected chi connectivity index (χ0v) is 43.5. The highest BCUT2D eigenvalue weighted by Crippen LogP contribution is 2.41. The molecule has 0 spiro atoms. The topological polar surface area (TPSA) is 195 Å². The van der Waals surface area contributed by atoms with Crippen molar-refractivity contribution in [2.75, 3.05) is 6.54 Å². The summed E-state index contributed by atoms with van der Waals surface area (Å²) in [5, 5.41) is 32.3. The molecule has 10 rings (SSSR count). The first-order valence-electron chi connectivity index (χ1n) is 24.1. The van der Waals surface area contributed by atoms with Crippen molar-refractivity contribution >= 4 is 57.7 Å². The molecule has 4 atom stereocenters. The van der Waals surface area contributed by atoms with Crippen molar-refractivity contribution in [3.05, 3.63) is 134 Å². The van der Waals surface area contributed by atoms with E-state index in [0.717, 1.165) is 66.1 Å². The van der Waals surface area contributed by atoms with Gasteiger partial charge < -0.3 is 25.4 Å². The molecule has 1 saturated heterocycles. The van der Waals surface area contributed by atoms with Crippen molar-refractivity contribution in [2.24, 2.45) is 10.4 Å². The number of fused-ring (bicyclic) bond motifs is 3. The maximum Gasteiger partial charge on any atom is 0.248 e. The quantitative estimate of drug-likeness (QED) is 0.101.